The van der Waals surface area contributed by atoms with Crippen LogP contribution in [0.4, 0.5) is 0 Å². The van der Waals surface area contributed by atoms with Gasteiger partial charge in [-0.1, -0.05) is 24.9 Å². The molecule has 2 nitrogen and oxygen atoms in total. The van der Waals surface area contributed by atoms with Crippen LogP contribution in [0.3, 0.4) is 0 Å². The number of carbonyl (C=O) groups is 1. The summed E-state index contributed by atoms with van der Waals surface area (Å²) in [4.78, 5) is 10.7. The number of halogens is 1. The van der Waals surface area contributed by atoms with E-state index in [0.717, 1.165) is 24.8 Å². The zero-order valence-corrected chi connectivity index (χ0v) is 8.84. The summed E-state index contributed by atoms with van der Waals surface area (Å²) in [6, 6.07) is 4.83. The highest BCUT2D eigenvalue weighted by Crippen LogP contribution is 2.19. The van der Waals surface area contributed by atoms with Gasteiger partial charge < -0.3 is 5.11 Å². The molecule has 0 heterocycles. The first kappa shape index (κ1) is 11.1. The predicted molar refractivity (Wildman–Crippen MR) is 57.0 cm³/mol. The van der Waals surface area contributed by atoms with Gasteiger partial charge in [-0.25, -0.2) is 4.79 Å². The summed E-state index contributed by atoms with van der Waals surface area (Å²) in [5, 5.41) is 9.44. The van der Waals surface area contributed by atoms with Gasteiger partial charge in [0, 0.05) is 5.02 Å². The van der Waals surface area contributed by atoms with Gasteiger partial charge >= 0.3 is 5.97 Å². The Kier molecular flexibility index (Phi) is 3.96. The molecule has 76 valence electrons. The van der Waals surface area contributed by atoms with E-state index in [0.29, 0.717) is 10.6 Å². The maximum Gasteiger partial charge on any atom is 0.335 e. The molecule has 0 amide bonds. The first-order valence-corrected chi connectivity index (χ1v) is 5.04. The molecule has 0 saturated heterocycles. The second kappa shape index (κ2) is 5.01. The summed E-state index contributed by atoms with van der Waals surface area (Å²) in [6.45, 7) is 2.09. The summed E-state index contributed by atoms with van der Waals surface area (Å²) in [7, 11) is 0. The van der Waals surface area contributed by atoms with Crippen molar-refractivity contribution in [2.75, 3.05) is 0 Å². The van der Waals surface area contributed by atoms with E-state index >= 15 is 0 Å². The van der Waals surface area contributed by atoms with Gasteiger partial charge in [0.05, 0.1) is 5.56 Å². The van der Waals surface area contributed by atoms with E-state index in [1.54, 1.807) is 12.1 Å². The Labute approximate surface area is 88.5 Å². The number of hydrogen-bond acceptors (Lipinski definition) is 1. The van der Waals surface area contributed by atoms with Crippen LogP contribution in [-0.4, -0.2) is 11.1 Å². The normalized spacial score (nSPS) is 10.1. The highest BCUT2D eigenvalue weighted by molar-refractivity contribution is 6.31. The van der Waals surface area contributed by atoms with Crippen LogP contribution >= 0.6 is 11.6 Å². The number of aromatic carboxylic acids is 1. The molecule has 0 atom stereocenters. The summed E-state index contributed by atoms with van der Waals surface area (Å²) in [5.41, 5.74) is 1.23. The first-order chi connectivity index (χ1) is 6.65. The molecular formula is C11H13ClO2. The van der Waals surface area contributed by atoms with E-state index in [1.807, 2.05) is 0 Å². The Morgan fingerprint density at radius 3 is 2.79 bits per heavy atom. The van der Waals surface area contributed by atoms with Crippen LogP contribution in [0.25, 0.3) is 0 Å². The van der Waals surface area contributed by atoms with Gasteiger partial charge in [0.25, 0.3) is 0 Å². The molecule has 1 aromatic rings. The highest BCUT2D eigenvalue weighted by atomic mass is 35.5. The van der Waals surface area contributed by atoms with Crippen molar-refractivity contribution >= 4 is 17.6 Å². The van der Waals surface area contributed by atoms with Gasteiger partial charge in [-0.05, 0) is 36.6 Å². The van der Waals surface area contributed by atoms with Crippen molar-refractivity contribution in [1.82, 2.24) is 0 Å². The summed E-state index contributed by atoms with van der Waals surface area (Å²) >= 11 is 5.94. The summed E-state index contributed by atoms with van der Waals surface area (Å²) in [5.74, 6) is -0.903. The van der Waals surface area contributed by atoms with Crippen molar-refractivity contribution in [2.45, 2.75) is 26.2 Å². The molecule has 0 aliphatic rings. The van der Waals surface area contributed by atoms with E-state index in [2.05, 4.69) is 6.92 Å². The lowest BCUT2D eigenvalue weighted by atomic mass is 10.1. The maximum atomic E-state index is 10.7. The van der Waals surface area contributed by atoms with Crippen LogP contribution in [0, 0.1) is 0 Å². The molecule has 0 fully saturated rings. The maximum absolute atomic E-state index is 10.7. The fourth-order valence-corrected chi connectivity index (χ4v) is 1.48. The average Bonchev–Trinajstić information content (AvgIpc) is 2.16. The topological polar surface area (TPSA) is 37.3 Å². The third-order valence-corrected chi connectivity index (χ3v) is 2.46. The van der Waals surface area contributed by atoms with Crippen molar-refractivity contribution in [2.24, 2.45) is 0 Å². The van der Waals surface area contributed by atoms with Gasteiger partial charge in [0.1, 0.15) is 0 Å². The van der Waals surface area contributed by atoms with E-state index in [9.17, 15) is 4.79 Å². The van der Waals surface area contributed by atoms with Gasteiger partial charge in [-0.2, -0.15) is 0 Å². The Hall–Kier alpha value is -1.02. The number of benzene rings is 1. The van der Waals surface area contributed by atoms with E-state index in [1.165, 1.54) is 6.07 Å². The molecule has 1 rings (SSSR count). The quantitative estimate of drug-likeness (QED) is 0.831. The molecule has 3 heteroatoms. The third-order valence-electron chi connectivity index (χ3n) is 2.09. The zero-order chi connectivity index (χ0) is 10.6. The van der Waals surface area contributed by atoms with Crippen LogP contribution in [0.5, 0.6) is 0 Å². The lowest BCUT2D eigenvalue weighted by molar-refractivity contribution is 0.0697. The molecule has 0 aromatic heterocycles. The molecule has 0 saturated carbocycles. The SMILES string of the molecule is CCCCc1cc(C(=O)O)ccc1Cl. The molecule has 14 heavy (non-hydrogen) atoms. The molecular weight excluding hydrogens is 200 g/mol. The third kappa shape index (κ3) is 2.74. The fraction of sp³-hybridized carbons (Fsp3) is 0.364. The van der Waals surface area contributed by atoms with Crippen LogP contribution in [0.2, 0.25) is 5.02 Å². The second-order valence-corrected chi connectivity index (χ2v) is 3.62. The molecule has 1 N–H and O–H groups in total. The average molecular weight is 213 g/mol. The van der Waals surface area contributed by atoms with Crippen molar-refractivity contribution in [3.63, 3.8) is 0 Å². The minimum absolute atomic E-state index is 0.306. The van der Waals surface area contributed by atoms with Gasteiger partial charge in [0.15, 0.2) is 0 Å². The summed E-state index contributed by atoms with van der Waals surface area (Å²) in [6.07, 6.45) is 2.95. The first-order valence-electron chi connectivity index (χ1n) is 4.67. The van der Waals surface area contributed by atoms with Gasteiger partial charge in [0.2, 0.25) is 0 Å². The van der Waals surface area contributed by atoms with E-state index in [-0.39, 0.29) is 0 Å². The fourth-order valence-electron chi connectivity index (χ4n) is 1.27. The minimum atomic E-state index is -0.903. The van der Waals surface area contributed by atoms with Crippen LogP contribution < -0.4 is 0 Å². The number of unbranched alkanes of at least 4 members (excludes halogenated alkanes) is 1. The molecule has 0 unspecified atom stereocenters. The highest BCUT2D eigenvalue weighted by Gasteiger charge is 2.06. The predicted octanol–water partition coefficient (Wildman–Crippen LogP) is 3.38. The molecule has 1 aromatic carbocycles. The molecule has 0 radical (unpaired) electrons. The van der Waals surface area contributed by atoms with Gasteiger partial charge in [-0.3, -0.25) is 0 Å². The number of carboxylic acid groups (broad SMARTS) is 1. The van der Waals surface area contributed by atoms with Crippen LogP contribution in [0.1, 0.15) is 35.7 Å². The smallest absolute Gasteiger partial charge is 0.335 e. The summed E-state index contributed by atoms with van der Waals surface area (Å²) < 4.78 is 0. The van der Waals surface area contributed by atoms with Crippen molar-refractivity contribution < 1.29 is 9.90 Å². The minimum Gasteiger partial charge on any atom is -0.478 e. The standard InChI is InChI=1S/C11H13ClO2/c1-2-3-4-8-7-9(11(13)14)5-6-10(8)12/h5-7H,2-4H2,1H3,(H,13,14). The molecule has 0 aliphatic carbocycles. The number of carboxylic acids is 1. The second-order valence-electron chi connectivity index (χ2n) is 3.21. The Bertz CT molecular complexity index is 334. The van der Waals surface area contributed by atoms with Crippen molar-refractivity contribution in [3.05, 3.63) is 34.3 Å². The van der Waals surface area contributed by atoms with Gasteiger partial charge in [-0.15, -0.1) is 0 Å². The van der Waals surface area contributed by atoms with Crippen LogP contribution in [-0.2, 0) is 6.42 Å². The van der Waals surface area contributed by atoms with Crippen molar-refractivity contribution in [3.8, 4) is 0 Å². The largest absolute Gasteiger partial charge is 0.478 e. The lowest BCUT2D eigenvalue weighted by Crippen LogP contribution is -1.98. The monoisotopic (exact) mass is 212 g/mol. The number of hydrogen-bond donors (Lipinski definition) is 1. The zero-order valence-electron chi connectivity index (χ0n) is 8.09. The van der Waals surface area contributed by atoms with E-state index < -0.39 is 5.97 Å². The molecule has 0 aliphatic heterocycles. The Balaban J connectivity index is 2.90. The van der Waals surface area contributed by atoms with E-state index in [4.69, 9.17) is 16.7 Å². The lowest BCUT2D eigenvalue weighted by Gasteiger charge is -2.04. The van der Waals surface area contributed by atoms with Crippen LogP contribution in [0.15, 0.2) is 18.2 Å². The number of rotatable bonds is 4. The Morgan fingerprint density at radius 1 is 1.50 bits per heavy atom. The number of aryl methyl sites for hydroxylation is 1. The Morgan fingerprint density at radius 2 is 2.21 bits per heavy atom. The molecule has 0 spiro atoms. The van der Waals surface area contributed by atoms with Crippen molar-refractivity contribution in [1.29, 1.82) is 0 Å². The molecule has 0 bridgehead atoms.